The number of aryl methyl sites for hydroxylation is 1. The van der Waals surface area contributed by atoms with Gasteiger partial charge in [0.1, 0.15) is 52.8 Å². The van der Waals surface area contributed by atoms with Gasteiger partial charge in [0.2, 0.25) is 5.91 Å². The lowest BCUT2D eigenvalue weighted by Gasteiger charge is -2.30. The third-order valence-corrected chi connectivity index (χ3v) is 8.86. The third kappa shape index (κ3) is 4.89. The molecule has 6 rings (SSSR count). The zero-order chi connectivity index (χ0) is 31.4. The number of alkyl halides is 1. The number of benzene rings is 2. The molecule has 1 aliphatic carbocycles. The molecule has 9 nitrogen and oxygen atoms in total. The predicted molar refractivity (Wildman–Crippen MR) is 159 cm³/mol. The molecule has 12 heteroatoms. The Bertz CT molecular complexity index is 1820. The van der Waals surface area contributed by atoms with E-state index in [0.29, 0.717) is 45.8 Å². The normalized spacial score (nSPS) is 18.8. The first kappa shape index (κ1) is 29.7. The molecule has 0 spiro atoms. The molecule has 1 saturated carbocycles. The Morgan fingerprint density at radius 1 is 1.20 bits per heavy atom. The second-order valence-electron chi connectivity index (χ2n) is 11.3. The first-order chi connectivity index (χ1) is 21.0. The van der Waals surface area contributed by atoms with Gasteiger partial charge in [0.15, 0.2) is 0 Å². The van der Waals surface area contributed by atoms with Crippen LogP contribution in [-0.2, 0) is 15.8 Å². The topological polar surface area (TPSA) is 137 Å². The number of nitrogens with one attached hydrogen (secondary N) is 1. The highest BCUT2D eigenvalue weighted by atomic mass is 35.5. The molecule has 1 fully saturated rings. The maximum absolute atomic E-state index is 14.5. The van der Waals surface area contributed by atoms with E-state index < -0.39 is 35.3 Å². The average Bonchev–Trinajstić information content (AvgIpc) is 3.80. The molecule has 44 heavy (non-hydrogen) atoms. The van der Waals surface area contributed by atoms with Crippen molar-refractivity contribution in [1.29, 1.82) is 0 Å². The molecule has 1 aliphatic heterocycles. The number of rotatable bonds is 9. The number of amides is 2. The Balaban J connectivity index is 1.40. The van der Waals surface area contributed by atoms with Gasteiger partial charge in [0, 0.05) is 22.1 Å². The van der Waals surface area contributed by atoms with Crippen molar-refractivity contribution in [2.45, 2.75) is 30.8 Å². The molecule has 2 aromatic carbocycles. The highest BCUT2D eigenvalue weighted by molar-refractivity contribution is 6.31. The molecule has 2 atom stereocenters. The molecule has 0 radical (unpaired) electrons. The van der Waals surface area contributed by atoms with E-state index in [-0.39, 0.29) is 47.3 Å². The number of aromatic nitrogens is 2. The van der Waals surface area contributed by atoms with Gasteiger partial charge < -0.3 is 25.6 Å². The largest absolute Gasteiger partial charge is 0.494 e. The van der Waals surface area contributed by atoms with Crippen molar-refractivity contribution < 1.29 is 33.0 Å². The van der Waals surface area contributed by atoms with Gasteiger partial charge in [-0.05, 0) is 74.2 Å². The highest BCUT2D eigenvalue weighted by Gasteiger charge is 2.52. The number of ether oxygens (including phenoxy) is 2. The molecule has 2 aromatic heterocycles. The first-order valence-corrected chi connectivity index (χ1v) is 14.3. The fraction of sp³-hybridized carbons (Fsp3) is 0.312. The van der Waals surface area contributed by atoms with Gasteiger partial charge in [-0.2, -0.15) is 0 Å². The van der Waals surface area contributed by atoms with Crippen LogP contribution in [0.5, 0.6) is 11.5 Å². The molecular formula is C32H29ClF2N4O5. The van der Waals surface area contributed by atoms with E-state index in [1.54, 1.807) is 25.1 Å². The highest BCUT2D eigenvalue weighted by Crippen LogP contribution is 2.50. The number of hydrogen-bond acceptors (Lipinski definition) is 7. The lowest BCUT2D eigenvalue weighted by Crippen LogP contribution is -2.46. The van der Waals surface area contributed by atoms with Crippen LogP contribution >= 0.6 is 11.6 Å². The van der Waals surface area contributed by atoms with Gasteiger partial charge in [-0.25, -0.2) is 18.7 Å². The average molecular weight is 623 g/mol. The quantitative estimate of drug-likeness (QED) is 0.250. The fourth-order valence-electron chi connectivity index (χ4n) is 5.64. The van der Waals surface area contributed by atoms with Crippen molar-refractivity contribution in [2.75, 3.05) is 26.9 Å². The van der Waals surface area contributed by atoms with E-state index in [4.69, 9.17) is 31.8 Å². The number of nitrogens with two attached hydrogens (primary N) is 1. The van der Waals surface area contributed by atoms with Crippen molar-refractivity contribution in [1.82, 2.24) is 15.3 Å². The number of hydrogen-bond donors (Lipinski definition) is 3. The monoisotopic (exact) mass is 622 g/mol. The summed E-state index contributed by atoms with van der Waals surface area (Å²) in [6.45, 7) is 0.0252. The number of fused-ring (bicyclic) bond motifs is 2. The molecule has 4 aromatic rings. The lowest BCUT2D eigenvalue weighted by molar-refractivity contribution is -0.124. The molecule has 1 unspecified atom stereocenters. The van der Waals surface area contributed by atoms with E-state index in [9.17, 15) is 23.5 Å². The summed E-state index contributed by atoms with van der Waals surface area (Å²) >= 11 is 6.28. The van der Waals surface area contributed by atoms with Crippen molar-refractivity contribution in [3.05, 3.63) is 81.9 Å². The molecule has 4 N–H and O–H groups in total. The van der Waals surface area contributed by atoms with Gasteiger partial charge >= 0.3 is 0 Å². The summed E-state index contributed by atoms with van der Waals surface area (Å²) in [5.74, 6) is -1.69. The van der Waals surface area contributed by atoms with Crippen LogP contribution in [0.1, 0.15) is 40.2 Å². The second kappa shape index (κ2) is 11.0. The van der Waals surface area contributed by atoms with Crippen molar-refractivity contribution in [3.63, 3.8) is 0 Å². The number of carbonyl (C=O) groups is 2. The number of carbonyl (C=O) groups excluding carboxylic acids is 2. The summed E-state index contributed by atoms with van der Waals surface area (Å²) in [4.78, 5) is 35.2. The van der Waals surface area contributed by atoms with Gasteiger partial charge in [0.25, 0.3) is 5.91 Å². The summed E-state index contributed by atoms with van der Waals surface area (Å²) in [7, 11) is 1.47. The maximum Gasteiger partial charge on any atom is 0.251 e. The SMILES string of the molecule is COc1cc(C(=O)NCC(O)(c2cc3c(c(-c4ccc(F)cc4)n2)OC[C@@]3(CF)C(N)=O)C2CC2)cc2cc(Cl)c(C)nc12. The van der Waals surface area contributed by atoms with Crippen LogP contribution in [0.15, 0.2) is 48.5 Å². The molecule has 0 saturated heterocycles. The number of aliphatic hydroxyl groups is 1. The maximum atomic E-state index is 14.5. The molecule has 0 bridgehead atoms. The first-order valence-electron chi connectivity index (χ1n) is 14.0. The van der Waals surface area contributed by atoms with Crippen LogP contribution in [0.25, 0.3) is 22.2 Å². The zero-order valence-electron chi connectivity index (χ0n) is 23.9. The number of methoxy groups -OCH3 is 1. The van der Waals surface area contributed by atoms with Crippen LogP contribution in [0.3, 0.4) is 0 Å². The van der Waals surface area contributed by atoms with Crippen molar-refractivity contribution in [3.8, 4) is 22.8 Å². The predicted octanol–water partition coefficient (Wildman–Crippen LogP) is 4.52. The minimum Gasteiger partial charge on any atom is -0.494 e. The van der Waals surface area contributed by atoms with Crippen LogP contribution in [0, 0.1) is 18.7 Å². The molecule has 2 amide bonds. The van der Waals surface area contributed by atoms with E-state index in [1.807, 2.05) is 0 Å². The van der Waals surface area contributed by atoms with E-state index in [1.165, 1.54) is 37.4 Å². The van der Waals surface area contributed by atoms with E-state index in [0.717, 1.165) is 0 Å². The van der Waals surface area contributed by atoms with Crippen LogP contribution < -0.4 is 20.5 Å². The number of nitrogens with zero attached hydrogens (tertiary/aromatic N) is 2. The Kier molecular flexibility index (Phi) is 7.41. The zero-order valence-corrected chi connectivity index (χ0v) is 24.7. The number of pyridine rings is 2. The van der Waals surface area contributed by atoms with Crippen LogP contribution in [0.4, 0.5) is 8.78 Å². The second-order valence-corrected chi connectivity index (χ2v) is 11.7. The summed E-state index contributed by atoms with van der Waals surface area (Å²) in [6.07, 6.45) is 1.29. The summed E-state index contributed by atoms with van der Waals surface area (Å²) in [6, 6.07) is 11.7. The van der Waals surface area contributed by atoms with Gasteiger partial charge in [-0.1, -0.05) is 11.6 Å². The van der Waals surface area contributed by atoms with Crippen LogP contribution in [-0.4, -0.2) is 53.8 Å². The summed E-state index contributed by atoms with van der Waals surface area (Å²) in [5.41, 5.74) is 4.44. The molecule has 2 aliphatic rings. The summed E-state index contributed by atoms with van der Waals surface area (Å²) < 4.78 is 39.6. The van der Waals surface area contributed by atoms with Gasteiger partial charge in [-0.3, -0.25) is 9.59 Å². The molecular weight excluding hydrogens is 594 g/mol. The Morgan fingerprint density at radius 3 is 2.57 bits per heavy atom. The molecule has 3 heterocycles. The lowest BCUT2D eigenvalue weighted by atomic mass is 9.80. The Morgan fingerprint density at radius 2 is 1.93 bits per heavy atom. The third-order valence-electron chi connectivity index (χ3n) is 8.48. The molecule has 228 valence electrons. The minimum absolute atomic E-state index is 0.102. The smallest absolute Gasteiger partial charge is 0.251 e. The fourth-order valence-corrected chi connectivity index (χ4v) is 5.80. The number of halogens is 3. The summed E-state index contributed by atoms with van der Waals surface area (Å²) in [5, 5.41) is 16.0. The van der Waals surface area contributed by atoms with Crippen LogP contribution in [0.2, 0.25) is 5.02 Å². The van der Waals surface area contributed by atoms with E-state index >= 15 is 0 Å². The minimum atomic E-state index is -1.80. The Hall–Kier alpha value is -4.35. The standard InChI is InChI=1S/C32H29ClF2N4O5/c1-16-23(33)10-18-9-19(11-24(43-2)26(18)38-16)29(40)37-14-32(42,20-5-6-20)25-12-22-28(44-15-31(22,13-34)30(36)41)27(39-25)17-3-7-21(35)8-4-17/h3-4,7-12,20,42H,5-6,13-15H2,1-2H3,(H2,36,41)(H,37,40)/t31-,32?/m1/s1. The van der Waals surface area contributed by atoms with Gasteiger partial charge in [-0.15, -0.1) is 0 Å². The van der Waals surface area contributed by atoms with Crippen molar-refractivity contribution >= 4 is 34.3 Å². The Labute approximate surface area is 256 Å². The van der Waals surface area contributed by atoms with E-state index in [2.05, 4.69) is 10.3 Å². The van der Waals surface area contributed by atoms with Crippen molar-refractivity contribution in [2.24, 2.45) is 11.7 Å². The van der Waals surface area contributed by atoms with Gasteiger partial charge in [0.05, 0.1) is 30.1 Å². The number of primary amides is 1.